The third-order valence-electron chi connectivity index (χ3n) is 6.69. The number of hydrogen-bond donors (Lipinski definition) is 3. The van der Waals surface area contributed by atoms with Crippen molar-refractivity contribution in [2.45, 2.75) is 25.0 Å². The Kier molecular flexibility index (Phi) is 6.69. The molecule has 5 rings (SSSR count). The molecule has 2 atom stereocenters. The zero-order valence-corrected chi connectivity index (χ0v) is 19.9. The summed E-state index contributed by atoms with van der Waals surface area (Å²) >= 11 is 6.61. The Balaban J connectivity index is 1.39. The second-order valence-corrected chi connectivity index (χ2v) is 9.40. The molecule has 180 valence electrons. The van der Waals surface area contributed by atoms with Crippen molar-refractivity contribution in [3.63, 3.8) is 0 Å². The van der Waals surface area contributed by atoms with Crippen molar-refractivity contribution >= 4 is 39.9 Å². The average Bonchev–Trinajstić information content (AvgIpc) is 3.30. The van der Waals surface area contributed by atoms with Crippen LogP contribution in [0.3, 0.4) is 0 Å². The molecule has 1 aromatic carbocycles. The molecule has 3 N–H and O–H groups in total. The fourth-order valence-corrected chi connectivity index (χ4v) is 4.86. The first-order chi connectivity index (χ1) is 16.5. The van der Waals surface area contributed by atoms with Gasteiger partial charge in [-0.3, -0.25) is 4.79 Å². The van der Waals surface area contributed by atoms with Gasteiger partial charge in [-0.15, -0.1) is 0 Å². The maximum absolute atomic E-state index is 13.5. The Morgan fingerprint density at radius 2 is 2.06 bits per heavy atom. The Bertz CT molecular complexity index is 1170. The van der Waals surface area contributed by atoms with E-state index in [0.717, 1.165) is 44.7 Å². The summed E-state index contributed by atoms with van der Waals surface area (Å²) < 4.78 is 5.68. The normalized spacial score (nSPS) is 21.7. The molecule has 0 unspecified atom stereocenters. The van der Waals surface area contributed by atoms with Gasteiger partial charge in [-0.05, 0) is 38.1 Å². The van der Waals surface area contributed by atoms with Gasteiger partial charge in [-0.2, -0.15) is 0 Å². The lowest BCUT2D eigenvalue weighted by molar-refractivity contribution is -0.0224. The molecular formula is C24H29ClN6O3. The maximum atomic E-state index is 13.5. The van der Waals surface area contributed by atoms with Gasteiger partial charge in [-0.25, -0.2) is 9.97 Å². The number of halogens is 1. The molecule has 0 saturated carbocycles. The SMILES string of the molecule is CN1CCN(c2ccc(C(=O)c3c[nH]c4ncnc(N[C@H]5CC[C@@H](CO)OC5)c34)c(Cl)c2)CC1. The van der Waals surface area contributed by atoms with Crippen LogP contribution in [0.25, 0.3) is 11.0 Å². The predicted molar refractivity (Wildman–Crippen MR) is 132 cm³/mol. The first kappa shape index (κ1) is 23.0. The number of ketones is 1. The van der Waals surface area contributed by atoms with Crippen LogP contribution in [0, 0.1) is 0 Å². The molecule has 0 spiro atoms. The number of carbonyl (C=O) groups is 1. The predicted octanol–water partition coefficient (Wildman–Crippen LogP) is 2.55. The van der Waals surface area contributed by atoms with Gasteiger partial charge >= 0.3 is 0 Å². The highest BCUT2D eigenvalue weighted by molar-refractivity contribution is 6.36. The molecule has 0 aliphatic carbocycles. The van der Waals surface area contributed by atoms with Crippen LogP contribution in [-0.2, 0) is 4.74 Å². The first-order valence-electron chi connectivity index (χ1n) is 11.6. The number of likely N-dealkylation sites (N-methyl/N-ethyl adjacent to an activating group) is 1. The minimum atomic E-state index is -0.181. The Morgan fingerprint density at radius 1 is 1.24 bits per heavy atom. The standard InChI is InChI=1S/C24H29ClN6O3/c1-30-6-8-31(9-7-30)16-3-5-18(20(25)10-16)22(33)19-11-26-23-21(19)24(28-14-27-23)29-15-2-4-17(12-32)34-13-15/h3,5,10-11,14-15,17,32H,2,4,6-9,12-13H2,1H3,(H2,26,27,28,29)/t15-,17-/m0/s1. The monoisotopic (exact) mass is 484 g/mol. The molecule has 34 heavy (non-hydrogen) atoms. The van der Waals surface area contributed by atoms with Crippen molar-refractivity contribution in [1.29, 1.82) is 0 Å². The molecule has 3 aromatic rings. The topological polar surface area (TPSA) is 107 Å². The number of anilines is 2. The van der Waals surface area contributed by atoms with Crippen molar-refractivity contribution in [1.82, 2.24) is 19.9 Å². The highest BCUT2D eigenvalue weighted by atomic mass is 35.5. The lowest BCUT2D eigenvalue weighted by Gasteiger charge is -2.34. The van der Waals surface area contributed by atoms with Gasteiger partial charge in [-0.1, -0.05) is 11.6 Å². The summed E-state index contributed by atoms with van der Waals surface area (Å²) in [5.74, 6) is 0.398. The molecule has 10 heteroatoms. The third kappa shape index (κ3) is 4.61. The number of aliphatic hydroxyl groups is 1. The van der Waals surface area contributed by atoms with Gasteiger partial charge in [0.05, 0.1) is 41.3 Å². The van der Waals surface area contributed by atoms with Crippen LogP contribution in [-0.4, -0.2) is 89.3 Å². The summed E-state index contributed by atoms with van der Waals surface area (Å²) in [5.41, 5.74) is 2.52. The number of ether oxygens (including phenoxy) is 1. The van der Waals surface area contributed by atoms with Crippen LogP contribution < -0.4 is 10.2 Å². The molecule has 2 fully saturated rings. The lowest BCUT2D eigenvalue weighted by atomic mass is 10.0. The molecule has 0 amide bonds. The van der Waals surface area contributed by atoms with Crippen LogP contribution in [0.4, 0.5) is 11.5 Å². The van der Waals surface area contributed by atoms with Crippen molar-refractivity contribution in [2.75, 3.05) is 56.7 Å². The van der Waals surface area contributed by atoms with Crippen molar-refractivity contribution in [2.24, 2.45) is 0 Å². The Morgan fingerprint density at radius 3 is 2.76 bits per heavy atom. The van der Waals surface area contributed by atoms with Crippen molar-refractivity contribution in [3.8, 4) is 0 Å². The largest absolute Gasteiger partial charge is 0.394 e. The van der Waals surface area contributed by atoms with E-state index in [1.165, 1.54) is 6.33 Å². The number of carbonyl (C=O) groups excluding carboxylic acids is 1. The van der Waals surface area contributed by atoms with E-state index in [1.54, 1.807) is 12.3 Å². The third-order valence-corrected chi connectivity index (χ3v) is 7.01. The summed E-state index contributed by atoms with van der Waals surface area (Å²) in [5, 5.41) is 13.7. The number of aromatic nitrogens is 3. The number of nitrogens with zero attached hydrogens (tertiary/aromatic N) is 4. The molecule has 0 radical (unpaired) electrons. The van der Waals surface area contributed by atoms with Gasteiger partial charge in [0.1, 0.15) is 17.8 Å². The molecule has 9 nitrogen and oxygen atoms in total. The van der Waals surface area contributed by atoms with Crippen LogP contribution in [0.15, 0.2) is 30.7 Å². The van der Waals surface area contributed by atoms with E-state index in [2.05, 4.69) is 37.1 Å². The van der Waals surface area contributed by atoms with Gasteiger partial charge in [0, 0.05) is 43.6 Å². The number of hydrogen-bond acceptors (Lipinski definition) is 8. The number of aliphatic hydroxyl groups excluding tert-OH is 1. The van der Waals surface area contributed by atoms with Crippen molar-refractivity contribution < 1.29 is 14.6 Å². The fourth-order valence-electron chi connectivity index (χ4n) is 4.60. The lowest BCUT2D eigenvalue weighted by Crippen LogP contribution is -2.44. The average molecular weight is 485 g/mol. The molecule has 4 heterocycles. The van der Waals surface area contributed by atoms with Gasteiger partial charge < -0.3 is 29.9 Å². The quantitative estimate of drug-likeness (QED) is 0.458. The zero-order chi connectivity index (χ0) is 23.7. The molecule has 2 aromatic heterocycles. The number of piperazine rings is 1. The molecular weight excluding hydrogens is 456 g/mol. The number of H-pyrrole nitrogens is 1. The summed E-state index contributed by atoms with van der Waals surface area (Å²) in [7, 11) is 2.12. The molecule has 2 aliphatic rings. The number of fused-ring (bicyclic) bond motifs is 1. The van der Waals surface area contributed by atoms with E-state index in [9.17, 15) is 9.90 Å². The fraction of sp³-hybridized carbons (Fsp3) is 0.458. The highest BCUT2D eigenvalue weighted by Crippen LogP contribution is 2.31. The molecule has 2 aliphatic heterocycles. The summed E-state index contributed by atoms with van der Waals surface area (Å²) in [4.78, 5) is 29.9. The second-order valence-electron chi connectivity index (χ2n) is 8.99. The number of nitrogens with one attached hydrogen (secondary N) is 2. The van der Waals surface area contributed by atoms with E-state index in [4.69, 9.17) is 16.3 Å². The number of aromatic amines is 1. The first-order valence-corrected chi connectivity index (χ1v) is 12.0. The Labute approximate surface area is 203 Å². The second kappa shape index (κ2) is 9.87. The zero-order valence-electron chi connectivity index (χ0n) is 19.1. The van der Waals surface area contributed by atoms with Crippen LogP contribution in [0.1, 0.15) is 28.8 Å². The van der Waals surface area contributed by atoms with E-state index in [-0.39, 0.29) is 24.5 Å². The van der Waals surface area contributed by atoms with Crippen LogP contribution in [0.5, 0.6) is 0 Å². The van der Waals surface area contributed by atoms with Crippen LogP contribution >= 0.6 is 11.6 Å². The summed E-state index contributed by atoms with van der Waals surface area (Å²) in [6, 6.07) is 5.68. The highest BCUT2D eigenvalue weighted by Gasteiger charge is 2.25. The molecule has 0 bridgehead atoms. The van der Waals surface area contributed by atoms with Crippen molar-refractivity contribution in [3.05, 3.63) is 46.9 Å². The number of rotatable bonds is 6. The Hall–Kier alpha value is -2.72. The number of benzene rings is 1. The van der Waals surface area contributed by atoms with E-state index >= 15 is 0 Å². The van der Waals surface area contributed by atoms with E-state index < -0.39 is 0 Å². The van der Waals surface area contributed by atoms with E-state index in [1.807, 2.05) is 12.1 Å². The van der Waals surface area contributed by atoms with Gasteiger partial charge in [0.25, 0.3) is 0 Å². The van der Waals surface area contributed by atoms with Gasteiger partial charge in [0.2, 0.25) is 0 Å². The molecule has 2 saturated heterocycles. The van der Waals surface area contributed by atoms with Crippen LogP contribution in [0.2, 0.25) is 5.02 Å². The van der Waals surface area contributed by atoms with E-state index in [0.29, 0.717) is 39.6 Å². The summed E-state index contributed by atoms with van der Waals surface area (Å²) in [6.45, 7) is 4.34. The van der Waals surface area contributed by atoms with Gasteiger partial charge in [0.15, 0.2) is 5.78 Å². The minimum absolute atomic E-state index is 0.0231. The summed E-state index contributed by atoms with van der Waals surface area (Å²) in [6.07, 6.45) is 4.61. The minimum Gasteiger partial charge on any atom is -0.394 e. The smallest absolute Gasteiger partial charge is 0.196 e. The maximum Gasteiger partial charge on any atom is 0.196 e.